The Hall–Kier alpha value is -3.86. The summed E-state index contributed by atoms with van der Waals surface area (Å²) < 4.78 is 22.0. The normalized spacial score (nSPS) is 12.8. The van der Waals surface area contributed by atoms with Gasteiger partial charge in [0.25, 0.3) is 5.91 Å². The van der Waals surface area contributed by atoms with Gasteiger partial charge in [-0.15, -0.1) is 0 Å². The number of amides is 2. The smallest absolute Gasteiger partial charge is 0.412 e. The van der Waals surface area contributed by atoms with Gasteiger partial charge in [0, 0.05) is 18.9 Å². The number of hydroxylamine groups is 1. The molecule has 0 aliphatic carbocycles. The summed E-state index contributed by atoms with van der Waals surface area (Å²) in [5, 5.41) is 20.2. The second kappa shape index (κ2) is 15.9. The van der Waals surface area contributed by atoms with Gasteiger partial charge in [-0.3, -0.25) is 15.3 Å². The Morgan fingerprint density at radius 2 is 1.69 bits per heavy atom. The fraction of sp³-hybridized carbons (Fsp3) is 0.308. The molecular formula is C26H32N2O8. The molecule has 0 bridgehead atoms. The van der Waals surface area contributed by atoms with E-state index in [0.29, 0.717) is 35.6 Å². The van der Waals surface area contributed by atoms with Crippen LogP contribution in [-0.4, -0.2) is 55.9 Å². The summed E-state index contributed by atoms with van der Waals surface area (Å²) in [6.07, 6.45) is 5.39. The van der Waals surface area contributed by atoms with Gasteiger partial charge >= 0.3 is 6.09 Å². The molecule has 4 N–H and O–H groups in total. The van der Waals surface area contributed by atoms with Crippen molar-refractivity contribution in [2.24, 2.45) is 0 Å². The van der Waals surface area contributed by atoms with Crippen molar-refractivity contribution in [2.45, 2.75) is 25.0 Å². The number of ether oxygens (including phenoxy) is 4. The molecule has 0 aliphatic rings. The number of methoxy groups -OCH3 is 2. The minimum absolute atomic E-state index is 0.0991. The van der Waals surface area contributed by atoms with E-state index in [1.54, 1.807) is 61.7 Å². The van der Waals surface area contributed by atoms with Gasteiger partial charge in [0.2, 0.25) is 0 Å². The molecule has 2 rings (SSSR count). The standard InChI is InChI=1S/C26H32N2O8/c1-33-21-15-11-20(12-16-21)27-26(31)36-25(19-9-13-22(14-10-19)35-18-17-29)23(34-2)7-5-3-4-6-8-24(30)28-32/h3-4,6,8-16,23,25,29,32H,5,7,17-18H2,1-2H3,(H,27,31)(H,28,30)/b4-3+,8-6+/t23-,25-/m0/s1. The first kappa shape index (κ1) is 28.4. The summed E-state index contributed by atoms with van der Waals surface area (Å²) in [6.45, 7) is 0.0725. The monoisotopic (exact) mass is 500 g/mol. The van der Waals surface area contributed by atoms with Gasteiger partial charge in [-0.2, -0.15) is 0 Å². The second-order valence-electron chi connectivity index (χ2n) is 7.44. The van der Waals surface area contributed by atoms with E-state index < -0.39 is 24.2 Å². The third kappa shape index (κ3) is 9.79. The predicted molar refractivity (Wildman–Crippen MR) is 133 cm³/mol. The number of nitrogens with one attached hydrogen (secondary N) is 2. The molecule has 36 heavy (non-hydrogen) atoms. The van der Waals surface area contributed by atoms with Crippen LogP contribution in [0.25, 0.3) is 0 Å². The SMILES string of the molecule is COc1ccc(NC(=O)O[C@@H](c2ccc(OCCO)cc2)[C@H](CC/C=C/C=C/C(=O)NO)OC)cc1. The van der Waals surface area contributed by atoms with Crippen LogP contribution in [0.4, 0.5) is 10.5 Å². The Morgan fingerprint density at radius 1 is 1.00 bits per heavy atom. The summed E-state index contributed by atoms with van der Waals surface area (Å²) in [5.41, 5.74) is 2.76. The van der Waals surface area contributed by atoms with Crippen LogP contribution in [0.5, 0.6) is 11.5 Å². The van der Waals surface area contributed by atoms with Crippen LogP contribution >= 0.6 is 0 Å². The van der Waals surface area contributed by atoms with Crippen LogP contribution in [0.3, 0.4) is 0 Å². The number of allylic oxidation sites excluding steroid dienone is 3. The Kier molecular flexibility index (Phi) is 12.6. The quantitative estimate of drug-likeness (QED) is 0.133. The molecule has 10 nitrogen and oxygen atoms in total. The summed E-state index contributed by atoms with van der Waals surface area (Å²) in [7, 11) is 3.10. The second-order valence-corrected chi connectivity index (χ2v) is 7.44. The molecule has 0 aliphatic heterocycles. The maximum absolute atomic E-state index is 12.7. The molecule has 0 aromatic heterocycles. The summed E-state index contributed by atoms with van der Waals surface area (Å²) >= 11 is 0. The van der Waals surface area contributed by atoms with Gasteiger partial charge in [0.1, 0.15) is 18.1 Å². The lowest BCUT2D eigenvalue weighted by Crippen LogP contribution is -2.28. The van der Waals surface area contributed by atoms with E-state index in [2.05, 4.69) is 5.32 Å². The minimum atomic E-state index is -0.732. The zero-order valence-corrected chi connectivity index (χ0v) is 20.3. The summed E-state index contributed by atoms with van der Waals surface area (Å²) in [4.78, 5) is 23.7. The molecule has 0 saturated heterocycles. The van der Waals surface area contributed by atoms with Gasteiger partial charge in [-0.05, 0) is 54.8 Å². The van der Waals surface area contributed by atoms with Crippen molar-refractivity contribution in [3.05, 3.63) is 78.4 Å². The van der Waals surface area contributed by atoms with Crippen molar-refractivity contribution in [1.29, 1.82) is 0 Å². The molecule has 0 fully saturated rings. The predicted octanol–water partition coefficient (Wildman–Crippen LogP) is 3.77. The third-order valence-electron chi connectivity index (χ3n) is 5.00. The molecule has 2 atom stereocenters. The van der Waals surface area contributed by atoms with Gasteiger partial charge in [-0.1, -0.05) is 30.4 Å². The van der Waals surface area contributed by atoms with Crippen molar-refractivity contribution in [2.75, 3.05) is 32.8 Å². The number of benzene rings is 2. The highest BCUT2D eigenvalue weighted by Crippen LogP contribution is 2.29. The molecule has 2 amide bonds. The van der Waals surface area contributed by atoms with Gasteiger partial charge in [0.05, 0.1) is 19.8 Å². The van der Waals surface area contributed by atoms with E-state index in [-0.39, 0.29) is 13.2 Å². The molecule has 0 heterocycles. The van der Waals surface area contributed by atoms with Crippen molar-refractivity contribution in [1.82, 2.24) is 5.48 Å². The van der Waals surface area contributed by atoms with Crippen LogP contribution < -0.4 is 20.3 Å². The molecule has 2 aromatic rings. The molecule has 2 aromatic carbocycles. The van der Waals surface area contributed by atoms with Crippen LogP contribution in [0.1, 0.15) is 24.5 Å². The highest BCUT2D eigenvalue weighted by Gasteiger charge is 2.27. The van der Waals surface area contributed by atoms with Crippen molar-refractivity contribution >= 4 is 17.7 Å². The molecule has 0 spiro atoms. The molecule has 10 heteroatoms. The van der Waals surface area contributed by atoms with E-state index in [9.17, 15) is 9.59 Å². The number of carbonyl (C=O) groups excluding carboxylic acids is 2. The minimum Gasteiger partial charge on any atom is -0.497 e. The van der Waals surface area contributed by atoms with E-state index in [4.69, 9.17) is 29.3 Å². The average Bonchev–Trinajstić information content (AvgIpc) is 2.91. The number of hydrogen-bond donors (Lipinski definition) is 4. The molecular weight excluding hydrogens is 468 g/mol. The lowest BCUT2D eigenvalue weighted by atomic mass is 10.00. The van der Waals surface area contributed by atoms with Crippen LogP contribution in [0.2, 0.25) is 0 Å². The number of carbonyl (C=O) groups is 2. The Morgan fingerprint density at radius 3 is 2.31 bits per heavy atom. The van der Waals surface area contributed by atoms with E-state index in [0.717, 1.165) is 0 Å². The number of hydrogen-bond acceptors (Lipinski definition) is 8. The highest BCUT2D eigenvalue weighted by molar-refractivity contribution is 5.86. The fourth-order valence-corrected chi connectivity index (χ4v) is 3.22. The highest BCUT2D eigenvalue weighted by atomic mass is 16.6. The fourth-order valence-electron chi connectivity index (χ4n) is 3.22. The van der Waals surface area contributed by atoms with Gasteiger partial charge in [-0.25, -0.2) is 10.3 Å². The van der Waals surface area contributed by atoms with E-state index >= 15 is 0 Å². The Balaban J connectivity index is 2.13. The molecule has 194 valence electrons. The van der Waals surface area contributed by atoms with Gasteiger partial charge in [0.15, 0.2) is 6.10 Å². The number of rotatable bonds is 14. The first-order valence-corrected chi connectivity index (χ1v) is 11.3. The summed E-state index contributed by atoms with van der Waals surface area (Å²) in [5.74, 6) is 0.608. The molecule has 0 unspecified atom stereocenters. The topological polar surface area (TPSA) is 136 Å². The van der Waals surface area contributed by atoms with Crippen LogP contribution in [-0.2, 0) is 14.3 Å². The number of anilines is 1. The Labute approximate surface area is 210 Å². The molecule has 0 saturated carbocycles. The first-order valence-electron chi connectivity index (χ1n) is 11.3. The van der Waals surface area contributed by atoms with E-state index in [1.807, 2.05) is 6.08 Å². The average molecular weight is 501 g/mol. The third-order valence-corrected chi connectivity index (χ3v) is 5.00. The van der Waals surface area contributed by atoms with Crippen LogP contribution in [0, 0.1) is 0 Å². The molecule has 0 radical (unpaired) electrons. The lowest BCUT2D eigenvalue weighted by molar-refractivity contribution is -0.124. The van der Waals surface area contributed by atoms with E-state index in [1.165, 1.54) is 24.7 Å². The van der Waals surface area contributed by atoms with Crippen LogP contribution in [0.15, 0.2) is 72.8 Å². The van der Waals surface area contributed by atoms with Crippen molar-refractivity contribution < 1.29 is 38.9 Å². The number of aliphatic hydroxyl groups is 1. The number of aliphatic hydroxyl groups excluding tert-OH is 1. The maximum Gasteiger partial charge on any atom is 0.412 e. The zero-order chi connectivity index (χ0) is 26.2. The summed E-state index contributed by atoms with van der Waals surface area (Å²) in [6, 6.07) is 13.9. The Bertz CT molecular complexity index is 990. The maximum atomic E-state index is 12.7. The lowest BCUT2D eigenvalue weighted by Gasteiger charge is -2.26. The van der Waals surface area contributed by atoms with Gasteiger partial charge < -0.3 is 24.1 Å². The van der Waals surface area contributed by atoms with Crippen molar-refractivity contribution in [3.8, 4) is 11.5 Å². The first-order chi connectivity index (χ1) is 17.5. The zero-order valence-electron chi connectivity index (χ0n) is 20.3. The largest absolute Gasteiger partial charge is 0.497 e. The van der Waals surface area contributed by atoms with Crippen molar-refractivity contribution in [3.63, 3.8) is 0 Å².